The van der Waals surface area contributed by atoms with Gasteiger partial charge in [-0.05, 0) is 30.9 Å². The number of nitro benzene ring substituents is 1. The fourth-order valence-electron chi connectivity index (χ4n) is 1.84. The molecule has 8 heteroatoms. The Labute approximate surface area is 124 Å². The van der Waals surface area contributed by atoms with Gasteiger partial charge in [-0.2, -0.15) is 0 Å². The molecule has 7 nitrogen and oxygen atoms in total. The molecule has 0 aliphatic heterocycles. The van der Waals surface area contributed by atoms with Crippen molar-refractivity contribution in [3.63, 3.8) is 0 Å². The minimum atomic E-state index is -3.65. The molecule has 0 unspecified atom stereocenters. The first-order valence-corrected chi connectivity index (χ1v) is 8.22. The van der Waals surface area contributed by atoms with Gasteiger partial charge in [-0.15, -0.1) is 0 Å². The van der Waals surface area contributed by atoms with Crippen LogP contribution in [0.4, 0.5) is 11.4 Å². The first-order valence-electron chi connectivity index (χ1n) is 6.73. The summed E-state index contributed by atoms with van der Waals surface area (Å²) in [6.45, 7) is 4.50. The summed E-state index contributed by atoms with van der Waals surface area (Å²) in [6, 6.07) is 3.70. The Morgan fingerprint density at radius 3 is 2.52 bits per heavy atom. The Morgan fingerprint density at radius 2 is 2.00 bits per heavy atom. The highest BCUT2D eigenvalue weighted by atomic mass is 32.2. The van der Waals surface area contributed by atoms with Crippen LogP contribution in [-0.2, 0) is 10.0 Å². The maximum atomic E-state index is 12.1. The normalized spacial score (nSPS) is 11.6. The second kappa shape index (κ2) is 7.37. The average Bonchev–Trinajstić information content (AvgIpc) is 2.42. The minimum absolute atomic E-state index is 0.0157. The molecule has 1 rings (SSSR count). The lowest BCUT2D eigenvalue weighted by atomic mass is 10.1. The first-order chi connectivity index (χ1) is 9.77. The van der Waals surface area contributed by atoms with Gasteiger partial charge < -0.3 is 5.32 Å². The van der Waals surface area contributed by atoms with E-state index >= 15 is 0 Å². The minimum Gasteiger partial charge on any atom is -0.383 e. The van der Waals surface area contributed by atoms with Crippen LogP contribution < -0.4 is 10.0 Å². The van der Waals surface area contributed by atoms with Crippen LogP contribution in [0.2, 0.25) is 0 Å². The van der Waals surface area contributed by atoms with E-state index in [2.05, 4.69) is 23.9 Å². The Hall–Kier alpha value is -1.67. The van der Waals surface area contributed by atoms with Crippen molar-refractivity contribution >= 4 is 21.4 Å². The van der Waals surface area contributed by atoms with Gasteiger partial charge in [0.05, 0.1) is 9.82 Å². The quantitative estimate of drug-likeness (QED) is 0.435. The molecule has 0 saturated heterocycles. The predicted molar refractivity (Wildman–Crippen MR) is 81.9 cm³/mol. The lowest BCUT2D eigenvalue weighted by molar-refractivity contribution is -0.384. The number of nitrogens with one attached hydrogen (secondary N) is 2. The Balaban J connectivity index is 2.86. The molecule has 0 aromatic heterocycles. The summed E-state index contributed by atoms with van der Waals surface area (Å²) in [5.41, 5.74) is 0.0151. The molecular weight excluding hydrogens is 294 g/mol. The van der Waals surface area contributed by atoms with Crippen molar-refractivity contribution in [3.8, 4) is 0 Å². The molecule has 0 fully saturated rings. The van der Waals surface area contributed by atoms with Crippen molar-refractivity contribution < 1.29 is 13.3 Å². The van der Waals surface area contributed by atoms with Gasteiger partial charge in [0.1, 0.15) is 5.69 Å². The lowest BCUT2D eigenvalue weighted by Crippen LogP contribution is -2.25. The third-order valence-corrected chi connectivity index (χ3v) is 4.45. The van der Waals surface area contributed by atoms with Crippen LogP contribution in [0.15, 0.2) is 23.1 Å². The second-order valence-electron chi connectivity index (χ2n) is 5.12. The highest BCUT2D eigenvalue weighted by molar-refractivity contribution is 7.89. The number of hydrogen-bond acceptors (Lipinski definition) is 5. The molecule has 0 spiro atoms. The molecular formula is C13H21N3O4S. The number of anilines is 1. The number of hydrogen-bond donors (Lipinski definition) is 2. The van der Waals surface area contributed by atoms with E-state index in [4.69, 9.17) is 0 Å². The van der Waals surface area contributed by atoms with Crippen LogP contribution in [0.3, 0.4) is 0 Å². The summed E-state index contributed by atoms with van der Waals surface area (Å²) in [5.74, 6) is 0.518. The third-order valence-electron chi connectivity index (χ3n) is 2.99. The number of sulfonamides is 1. The summed E-state index contributed by atoms with van der Waals surface area (Å²) in [5, 5.41) is 13.5. The molecule has 0 amide bonds. The van der Waals surface area contributed by atoms with Crippen molar-refractivity contribution in [3.05, 3.63) is 28.3 Å². The van der Waals surface area contributed by atoms with Crippen LogP contribution in [0.25, 0.3) is 0 Å². The number of benzene rings is 1. The van der Waals surface area contributed by atoms with E-state index in [1.165, 1.54) is 25.2 Å². The molecule has 0 atom stereocenters. The Bertz CT molecular complexity index is 599. The summed E-state index contributed by atoms with van der Waals surface area (Å²) in [7, 11) is -2.14. The zero-order chi connectivity index (χ0) is 16.0. The van der Waals surface area contributed by atoms with Gasteiger partial charge in [-0.1, -0.05) is 13.8 Å². The zero-order valence-corrected chi connectivity index (χ0v) is 13.2. The SMILES string of the molecule is CNc1cc(S(=O)(=O)NCCCC(C)C)ccc1[N+](=O)[O-]. The van der Waals surface area contributed by atoms with Gasteiger partial charge >= 0.3 is 0 Å². The highest BCUT2D eigenvalue weighted by Gasteiger charge is 2.19. The highest BCUT2D eigenvalue weighted by Crippen LogP contribution is 2.26. The molecule has 0 saturated carbocycles. The van der Waals surface area contributed by atoms with E-state index in [1.807, 2.05) is 0 Å². The van der Waals surface area contributed by atoms with E-state index in [0.717, 1.165) is 12.8 Å². The maximum Gasteiger partial charge on any atom is 0.292 e. The van der Waals surface area contributed by atoms with E-state index in [1.54, 1.807) is 0 Å². The van der Waals surface area contributed by atoms with E-state index in [0.29, 0.717) is 12.5 Å². The Kier molecular flexibility index (Phi) is 6.10. The fourth-order valence-corrected chi connectivity index (χ4v) is 2.94. The van der Waals surface area contributed by atoms with E-state index < -0.39 is 14.9 Å². The molecule has 118 valence electrons. The molecule has 0 aliphatic rings. The van der Waals surface area contributed by atoms with Crippen molar-refractivity contribution in [2.45, 2.75) is 31.6 Å². The van der Waals surface area contributed by atoms with Gasteiger partial charge in [0.15, 0.2) is 0 Å². The zero-order valence-electron chi connectivity index (χ0n) is 12.4. The Morgan fingerprint density at radius 1 is 1.33 bits per heavy atom. The molecule has 21 heavy (non-hydrogen) atoms. The maximum absolute atomic E-state index is 12.1. The molecule has 0 bridgehead atoms. The summed E-state index contributed by atoms with van der Waals surface area (Å²) in [6.07, 6.45) is 1.69. The van der Waals surface area contributed by atoms with Gasteiger partial charge in [0.25, 0.3) is 5.69 Å². The average molecular weight is 315 g/mol. The molecule has 2 N–H and O–H groups in total. The molecule has 1 aromatic carbocycles. The monoisotopic (exact) mass is 315 g/mol. The lowest BCUT2D eigenvalue weighted by Gasteiger charge is -2.09. The van der Waals surface area contributed by atoms with Crippen LogP contribution in [0.1, 0.15) is 26.7 Å². The van der Waals surface area contributed by atoms with Gasteiger partial charge in [0, 0.05) is 19.7 Å². The molecule has 0 radical (unpaired) electrons. The van der Waals surface area contributed by atoms with Crippen molar-refractivity contribution in [2.24, 2.45) is 5.92 Å². The van der Waals surface area contributed by atoms with Crippen LogP contribution in [-0.4, -0.2) is 26.9 Å². The van der Waals surface area contributed by atoms with Crippen molar-refractivity contribution in [1.82, 2.24) is 4.72 Å². The van der Waals surface area contributed by atoms with Gasteiger partial charge in [-0.3, -0.25) is 10.1 Å². The van der Waals surface area contributed by atoms with E-state index in [9.17, 15) is 18.5 Å². The smallest absolute Gasteiger partial charge is 0.292 e. The number of rotatable bonds is 8. The second-order valence-corrected chi connectivity index (χ2v) is 6.89. The topological polar surface area (TPSA) is 101 Å². The summed E-state index contributed by atoms with van der Waals surface area (Å²) >= 11 is 0. The van der Waals surface area contributed by atoms with Gasteiger partial charge in [0.2, 0.25) is 10.0 Å². The largest absolute Gasteiger partial charge is 0.383 e. The number of nitrogens with zero attached hydrogens (tertiary/aromatic N) is 1. The third kappa shape index (κ3) is 4.98. The van der Waals surface area contributed by atoms with Gasteiger partial charge in [-0.25, -0.2) is 13.1 Å². The molecule has 1 aromatic rings. The van der Waals surface area contributed by atoms with Crippen LogP contribution >= 0.6 is 0 Å². The standard InChI is InChI=1S/C13H21N3O4S/c1-10(2)5-4-8-15-21(19,20)11-6-7-13(16(17)18)12(9-11)14-3/h6-7,9-10,14-15H,4-5,8H2,1-3H3. The summed E-state index contributed by atoms with van der Waals surface area (Å²) < 4.78 is 26.7. The predicted octanol–water partition coefficient (Wildman–Crippen LogP) is 2.35. The van der Waals surface area contributed by atoms with E-state index in [-0.39, 0.29) is 16.3 Å². The molecule has 0 heterocycles. The first kappa shape index (κ1) is 17.4. The summed E-state index contributed by atoms with van der Waals surface area (Å²) in [4.78, 5) is 10.3. The fraction of sp³-hybridized carbons (Fsp3) is 0.538. The van der Waals surface area contributed by atoms with Crippen LogP contribution in [0.5, 0.6) is 0 Å². The van der Waals surface area contributed by atoms with Crippen molar-refractivity contribution in [1.29, 1.82) is 0 Å². The van der Waals surface area contributed by atoms with Crippen molar-refractivity contribution in [2.75, 3.05) is 18.9 Å². The number of nitro groups is 1. The molecule has 0 aliphatic carbocycles. The van der Waals surface area contributed by atoms with Crippen LogP contribution in [0, 0.1) is 16.0 Å².